The minimum atomic E-state index is -0.466. The molecule has 0 N–H and O–H groups in total. The van der Waals surface area contributed by atoms with E-state index in [1.807, 2.05) is 54.3 Å². The maximum absolute atomic E-state index is 12.9. The summed E-state index contributed by atoms with van der Waals surface area (Å²) < 4.78 is 11.2. The van der Waals surface area contributed by atoms with Gasteiger partial charge in [-0.05, 0) is 24.1 Å². The second-order valence-corrected chi connectivity index (χ2v) is 7.13. The van der Waals surface area contributed by atoms with Crippen molar-refractivity contribution in [2.45, 2.75) is 19.4 Å². The lowest BCUT2D eigenvalue weighted by Gasteiger charge is -2.35. The van der Waals surface area contributed by atoms with Crippen LogP contribution < -0.4 is 9.47 Å². The van der Waals surface area contributed by atoms with Crippen LogP contribution in [0.1, 0.15) is 18.9 Å². The number of hydrogen-bond donors (Lipinski definition) is 0. The minimum Gasteiger partial charge on any atom is -0.497 e. The van der Waals surface area contributed by atoms with Crippen LogP contribution in [0, 0.1) is 0 Å². The lowest BCUT2D eigenvalue weighted by molar-refractivity contribution is -0.140. The molecule has 0 aliphatic carbocycles. The molecule has 5 heteroatoms. The van der Waals surface area contributed by atoms with Gasteiger partial charge in [0.1, 0.15) is 11.5 Å². The Balaban J connectivity index is 1.48. The largest absolute Gasteiger partial charge is 0.497 e. The summed E-state index contributed by atoms with van der Waals surface area (Å²) in [6.45, 7) is 6.09. The fourth-order valence-electron chi connectivity index (χ4n) is 3.40. The third-order valence-electron chi connectivity index (χ3n) is 5.12. The number of carbonyl (C=O) groups excluding carboxylic acids is 1. The van der Waals surface area contributed by atoms with Crippen molar-refractivity contribution in [2.75, 3.05) is 39.8 Å². The van der Waals surface area contributed by atoms with Crippen LogP contribution in [0.5, 0.6) is 11.5 Å². The van der Waals surface area contributed by atoms with Crippen LogP contribution in [0.2, 0.25) is 0 Å². The number of rotatable bonds is 8. The maximum atomic E-state index is 12.9. The Labute approximate surface area is 173 Å². The van der Waals surface area contributed by atoms with Crippen molar-refractivity contribution in [3.63, 3.8) is 0 Å². The Bertz CT molecular complexity index is 799. The van der Waals surface area contributed by atoms with E-state index in [-0.39, 0.29) is 5.91 Å². The molecule has 0 aromatic heterocycles. The molecule has 3 rings (SSSR count). The number of nitrogens with zero attached hydrogens (tertiary/aromatic N) is 2. The number of benzene rings is 2. The van der Waals surface area contributed by atoms with Crippen molar-refractivity contribution in [3.05, 3.63) is 66.2 Å². The van der Waals surface area contributed by atoms with E-state index in [9.17, 15) is 4.79 Å². The van der Waals surface area contributed by atoms with Gasteiger partial charge in [-0.1, -0.05) is 55.5 Å². The first kappa shape index (κ1) is 20.9. The number of amides is 1. The van der Waals surface area contributed by atoms with Crippen molar-refractivity contribution < 1.29 is 14.3 Å². The molecule has 2 aromatic rings. The molecule has 0 radical (unpaired) electrons. The topological polar surface area (TPSA) is 42.0 Å². The predicted molar refractivity (Wildman–Crippen MR) is 116 cm³/mol. The highest BCUT2D eigenvalue weighted by Gasteiger charge is 2.27. The Morgan fingerprint density at radius 3 is 2.45 bits per heavy atom. The van der Waals surface area contributed by atoms with E-state index in [0.717, 1.165) is 38.5 Å². The van der Waals surface area contributed by atoms with E-state index in [1.165, 1.54) is 5.56 Å². The zero-order chi connectivity index (χ0) is 20.5. The minimum absolute atomic E-state index is 0.0646. The molecule has 2 aromatic carbocycles. The zero-order valence-corrected chi connectivity index (χ0v) is 17.3. The van der Waals surface area contributed by atoms with Gasteiger partial charge < -0.3 is 14.4 Å². The smallest absolute Gasteiger partial charge is 0.263 e. The molecule has 154 valence electrons. The average Bonchev–Trinajstić information content (AvgIpc) is 2.78. The second kappa shape index (κ2) is 10.7. The number of hydrogen-bond acceptors (Lipinski definition) is 4. The van der Waals surface area contributed by atoms with E-state index in [4.69, 9.17) is 9.47 Å². The third kappa shape index (κ3) is 6.09. The third-order valence-corrected chi connectivity index (χ3v) is 5.12. The number of carbonyl (C=O) groups is 1. The Morgan fingerprint density at radius 1 is 1.03 bits per heavy atom. The van der Waals surface area contributed by atoms with Gasteiger partial charge in [0.25, 0.3) is 5.91 Å². The summed E-state index contributed by atoms with van der Waals surface area (Å²) in [6, 6.07) is 17.7. The monoisotopic (exact) mass is 394 g/mol. The van der Waals surface area contributed by atoms with E-state index in [0.29, 0.717) is 12.2 Å². The van der Waals surface area contributed by atoms with Gasteiger partial charge in [0, 0.05) is 38.8 Å². The summed E-state index contributed by atoms with van der Waals surface area (Å²) in [5, 5.41) is 0. The SMILES string of the molecule is CC[C@H](Oc1cccc(OC)c1)C(=O)N1CCN(C/C=C/c2ccccc2)CC1. The first-order valence-corrected chi connectivity index (χ1v) is 10.2. The summed E-state index contributed by atoms with van der Waals surface area (Å²) in [4.78, 5) is 17.2. The maximum Gasteiger partial charge on any atom is 0.263 e. The zero-order valence-electron chi connectivity index (χ0n) is 17.3. The van der Waals surface area contributed by atoms with E-state index < -0.39 is 6.10 Å². The molecular weight excluding hydrogens is 364 g/mol. The lowest BCUT2D eigenvalue weighted by Crippen LogP contribution is -2.52. The highest BCUT2D eigenvalue weighted by molar-refractivity contribution is 5.81. The molecule has 1 saturated heterocycles. The normalized spacial score (nSPS) is 16.0. The summed E-state index contributed by atoms with van der Waals surface area (Å²) in [5.41, 5.74) is 1.21. The Kier molecular flexibility index (Phi) is 7.70. The first-order chi connectivity index (χ1) is 14.2. The molecule has 29 heavy (non-hydrogen) atoms. The van der Waals surface area contributed by atoms with Crippen molar-refractivity contribution >= 4 is 12.0 Å². The quantitative estimate of drug-likeness (QED) is 0.685. The predicted octanol–water partition coefficient (Wildman–Crippen LogP) is 3.71. The van der Waals surface area contributed by atoms with Gasteiger partial charge in [-0.3, -0.25) is 9.69 Å². The van der Waals surface area contributed by atoms with E-state index in [2.05, 4.69) is 29.2 Å². The lowest BCUT2D eigenvalue weighted by atomic mass is 10.2. The van der Waals surface area contributed by atoms with Gasteiger partial charge in [-0.15, -0.1) is 0 Å². The summed E-state index contributed by atoms with van der Waals surface area (Å²) in [5.74, 6) is 1.45. The van der Waals surface area contributed by atoms with Crippen molar-refractivity contribution in [3.8, 4) is 11.5 Å². The highest BCUT2D eigenvalue weighted by Crippen LogP contribution is 2.21. The highest BCUT2D eigenvalue weighted by atomic mass is 16.5. The number of piperazine rings is 1. The van der Waals surface area contributed by atoms with E-state index >= 15 is 0 Å². The van der Waals surface area contributed by atoms with Crippen molar-refractivity contribution in [1.82, 2.24) is 9.80 Å². The Hall–Kier alpha value is -2.79. The van der Waals surface area contributed by atoms with Crippen LogP contribution >= 0.6 is 0 Å². The number of ether oxygens (including phenoxy) is 2. The van der Waals surface area contributed by atoms with Crippen molar-refractivity contribution in [2.24, 2.45) is 0 Å². The van der Waals surface area contributed by atoms with Crippen LogP contribution in [0.15, 0.2) is 60.7 Å². The van der Waals surface area contributed by atoms with Crippen LogP contribution in [0.4, 0.5) is 0 Å². The van der Waals surface area contributed by atoms with Gasteiger partial charge in [-0.25, -0.2) is 0 Å². The summed E-state index contributed by atoms with van der Waals surface area (Å²) in [7, 11) is 1.62. The summed E-state index contributed by atoms with van der Waals surface area (Å²) in [6.07, 6.45) is 4.50. The fraction of sp³-hybridized carbons (Fsp3) is 0.375. The second-order valence-electron chi connectivity index (χ2n) is 7.13. The molecule has 0 unspecified atom stereocenters. The fourth-order valence-corrected chi connectivity index (χ4v) is 3.40. The van der Waals surface area contributed by atoms with Crippen molar-refractivity contribution in [1.29, 1.82) is 0 Å². The Morgan fingerprint density at radius 2 is 1.76 bits per heavy atom. The van der Waals surface area contributed by atoms with Gasteiger partial charge in [0.15, 0.2) is 6.10 Å². The molecule has 1 heterocycles. The number of methoxy groups -OCH3 is 1. The van der Waals surface area contributed by atoms with Crippen LogP contribution in [0.25, 0.3) is 6.08 Å². The summed E-state index contributed by atoms with van der Waals surface area (Å²) >= 11 is 0. The molecule has 0 saturated carbocycles. The molecule has 1 aliphatic heterocycles. The van der Waals surface area contributed by atoms with Crippen LogP contribution in [-0.2, 0) is 4.79 Å². The molecule has 0 spiro atoms. The van der Waals surface area contributed by atoms with Gasteiger partial charge in [-0.2, -0.15) is 0 Å². The van der Waals surface area contributed by atoms with Gasteiger partial charge in [0.2, 0.25) is 0 Å². The molecule has 1 aliphatic rings. The molecule has 1 fully saturated rings. The average molecular weight is 395 g/mol. The molecule has 1 amide bonds. The van der Waals surface area contributed by atoms with Gasteiger partial charge in [0.05, 0.1) is 7.11 Å². The molecular formula is C24H30N2O3. The molecule has 5 nitrogen and oxygen atoms in total. The molecule has 1 atom stereocenters. The van der Waals surface area contributed by atoms with Gasteiger partial charge >= 0.3 is 0 Å². The first-order valence-electron chi connectivity index (χ1n) is 10.2. The van der Waals surface area contributed by atoms with E-state index in [1.54, 1.807) is 7.11 Å². The van der Waals surface area contributed by atoms with Crippen LogP contribution in [-0.4, -0.2) is 61.6 Å². The molecule has 0 bridgehead atoms. The van der Waals surface area contributed by atoms with Crippen LogP contribution in [0.3, 0.4) is 0 Å². The standard InChI is InChI=1S/C24H30N2O3/c1-3-23(29-22-13-7-12-21(19-22)28-2)24(27)26-17-15-25(16-18-26)14-8-11-20-9-5-4-6-10-20/h4-13,19,23H,3,14-18H2,1-2H3/b11-8+/t23-/m0/s1.